The van der Waals surface area contributed by atoms with Gasteiger partial charge < -0.3 is 9.73 Å². The van der Waals surface area contributed by atoms with Crippen molar-refractivity contribution in [3.8, 4) is 11.5 Å². The molecular weight excluding hydrogens is 416 g/mol. The summed E-state index contributed by atoms with van der Waals surface area (Å²) in [6, 6.07) is 21.8. The van der Waals surface area contributed by atoms with Crippen molar-refractivity contribution in [3.63, 3.8) is 0 Å². The number of carbonyl (C=O) groups is 1. The van der Waals surface area contributed by atoms with Crippen molar-refractivity contribution >= 4 is 23.4 Å². The molecule has 0 saturated carbocycles. The third kappa shape index (κ3) is 4.94. The highest BCUT2D eigenvalue weighted by Crippen LogP contribution is 2.28. The number of rotatable bonds is 6. The third-order valence-electron chi connectivity index (χ3n) is 5.40. The second-order valence-electron chi connectivity index (χ2n) is 7.92. The molecule has 0 fully saturated rings. The molecule has 4 rings (SSSR count). The number of benzene rings is 3. The van der Waals surface area contributed by atoms with Crippen LogP contribution in [0.3, 0.4) is 0 Å². The topological polar surface area (TPSA) is 55.1 Å². The number of nitrogens with zero attached hydrogens (tertiary/aromatic N) is 1. The smallest absolute Gasteiger partial charge is 0.255 e. The van der Waals surface area contributed by atoms with E-state index in [4.69, 9.17) is 9.40 Å². The fourth-order valence-corrected chi connectivity index (χ4v) is 4.33. The van der Waals surface area contributed by atoms with Gasteiger partial charge in [0.2, 0.25) is 5.89 Å². The van der Waals surface area contributed by atoms with Crippen molar-refractivity contribution < 1.29 is 9.21 Å². The monoisotopic (exact) mass is 442 g/mol. The zero-order valence-electron chi connectivity index (χ0n) is 18.7. The quantitative estimate of drug-likeness (QED) is 0.323. The molecule has 0 atom stereocenters. The second kappa shape index (κ2) is 9.45. The van der Waals surface area contributed by atoms with Crippen molar-refractivity contribution in [3.05, 3.63) is 100 Å². The highest BCUT2D eigenvalue weighted by molar-refractivity contribution is 7.98. The summed E-state index contributed by atoms with van der Waals surface area (Å²) >= 11 is 1.74. The predicted molar refractivity (Wildman–Crippen MR) is 131 cm³/mol. The molecule has 32 heavy (non-hydrogen) atoms. The van der Waals surface area contributed by atoms with Gasteiger partial charge in [-0.25, -0.2) is 4.98 Å². The largest absolute Gasteiger partial charge is 0.441 e. The lowest BCUT2D eigenvalue weighted by molar-refractivity contribution is 0.102. The molecule has 0 radical (unpaired) electrons. The Kier molecular flexibility index (Phi) is 6.47. The highest BCUT2D eigenvalue weighted by atomic mass is 32.2. The number of nitrogens with one attached hydrogen (secondary N) is 1. The number of amides is 1. The maximum absolute atomic E-state index is 12.7. The normalized spacial score (nSPS) is 10.9. The van der Waals surface area contributed by atoms with E-state index >= 15 is 0 Å². The number of hydrogen-bond acceptors (Lipinski definition) is 4. The molecule has 162 valence electrons. The lowest BCUT2D eigenvalue weighted by Gasteiger charge is -2.11. The van der Waals surface area contributed by atoms with Crippen LogP contribution in [-0.4, -0.2) is 10.9 Å². The van der Waals surface area contributed by atoms with Crippen molar-refractivity contribution in [1.82, 2.24) is 4.98 Å². The number of aryl methyl sites for hydroxylation is 4. The number of para-hydroxylation sites is 1. The van der Waals surface area contributed by atoms with Crippen LogP contribution in [0.1, 0.15) is 38.5 Å². The maximum Gasteiger partial charge on any atom is 0.255 e. The Morgan fingerprint density at radius 1 is 0.906 bits per heavy atom. The molecule has 1 aromatic heterocycles. The second-order valence-corrected chi connectivity index (χ2v) is 8.97. The standard InChI is InChI=1S/C27H26N2O2S/c1-17-8-14-23(15-9-17)32-16-24-20(4)31-27(28-24)22-12-10-21(11-13-22)26(30)29-25-18(2)6-5-7-19(25)3/h5-15H,16H2,1-4H3,(H,29,30). The first-order valence-corrected chi connectivity index (χ1v) is 11.5. The highest BCUT2D eigenvalue weighted by Gasteiger charge is 2.14. The first kappa shape index (κ1) is 21.9. The van der Waals surface area contributed by atoms with Crippen LogP contribution in [0, 0.1) is 27.7 Å². The molecule has 1 N–H and O–H groups in total. The molecule has 0 unspecified atom stereocenters. The number of anilines is 1. The van der Waals surface area contributed by atoms with E-state index in [9.17, 15) is 4.79 Å². The van der Waals surface area contributed by atoms with Crippen LogP contribution in [0.15, 0.2) is 76.0 Å². The summed E-state index contributed by atoms with van der Waals surface area (Å²) in [6.07, 6.45) is 0. The van der Waals surface area contributed by atoms with Gasteiger partial charge in [0.05, 0.1) is 5.69 Å². The molecule has 0 aliphatic carbocycles. The maximum atomic E-state index is 12.7. The van der Waals surface area contributed by atoms with E-state index in [-0.39, 0.29) is 5.91 Å². The van der Waals surface area contributed by atoms with Gasteiger partial charge in [0, 0.05) is 27.5 Å². The van der Waals surface area contributed by atoms with Crippen LogP contribution >= 0.6 is 11.8 Å². The summed E-state index contributed by atoms with van der Waals surface area (Å²) in [7, 11) is 0. The average molecular weight is 443 g/mol. The first-order valence-electron chi connectivity index (χ1n) is 10.5. The third-order valence-corrected chi connectivity index (χ3v) is 6.43. The lowest BCUT2D eigenvalue weighted by Crippen LogP contribution is -2.13. The van der Waals surface area contributed by atoms with Gasteiger partial charge in [0.25, 0.3) is 5.91 Å². The van der Waals surface area contributed by atoms with Crippen LogP contribution in [0.5, 0.6) is 0 Å². The Morgan fingerprint density at radius 3 is 2.22 bits per heavy atom. The van der Waals surface area contributed by atoms with Gasteiger partial charge in [0.1, 0.15) is 5.76 Å². The molecule has 5 heteroatoms. The van der Waals surface area contributed by atoms with Crippen LogP contribution < -0.4 is 5.32 Å². The van der Waals surface area contributed by atoms with E-state index in [0.717, 1.165) is 39.6 Å². The van der Waals surface area contributed by atoms with Gasteiger partial charge in [-0.3, -0.25) is 4.79 Å². The summed E-state index contributed by atoms with van der Waals surface area (Å²) < 4.78 is 5.91. The molecule has 1 heterocycles. The number of carbonyl (C=O) groups excluding carboxylic acids is 1. The van der Waals surface area contributed by atoms with Crippen LogP contribution in [0.2, 0.25) is 0 Å². The Bertz CT molecular complexity index is 1220. The molecule has 0 saturated heterocycles. The molecule has 4 nitrogen and oxygen atoms in total. The van der Waals surface area contributed by atoms with E-state index in [2.05, 4.69) is 36.5 Å². The summed E-state index contributed by atoms with van der Waals surface area (Å²) in [4.78, 5) is 18.6. The minimum Gasteiger partial charge on any atom is -0.441 e. The molecule has 0 spiro atoms. The fraction of sp³-hybridized carbons (Fsp3) is 0.185. The van der Waals surface area contributed by atoms with Gasteiger partial charge in [-0.15, -0.1) is 11.8 Å². The minimum atomic E-state index is -0.132. The molecule has 0 aliphatic rings. The fourth-order valence-electron chi connectivity index (χ4n) is 3.43. The Morgan fingerprint density at radius 2 is 1.56 bits per heavy atom. The van der Waals surface area contributed by atoms with Gasteiger partial charge >= 0.3 is 0 Å². The van der Waals surface area contributed by atoms with Gasteiger partial charge in [-0.05, 0) is 75.2 Å². The van der Waals surface area contributed by atoms with Gasteiger partial charge in [-0.1, -0.05) is 35.9 Å². The van der Waals surface area contributed by atoms with E-state index in [1.54, 1.807) is 23.9 Å². The van der Waals surface area contributed by atoms with Gasteiger partial charge in [-0.2, -0.15) is 0 Å². The summed E-state index contributed by atoms with van der Waals surface area (Å²) in [5, 5.41) is 3.02. The number of aromatic nitrogens is 1. The number of hydrogen-bond donors (Lipinski definition) is 1. The predicted octanol–water partition coefficient (Wildman–Crippen LogP) is 7.12. The van der Waals surface area contributed by atoms with Crippen LogP contribution in [-0.2, 0) is 5.75 Å². The summed E-state index contributed by atoms with van der Waals surface area (Å²) in [5.74, 6) is 2.00. The first-order chi connectivity index (χ1) is 15.4. The zero-order chi connectivity index (χ0) is 22.7. The average Bonchev–Trinajstić information content (AvgIpc) is 3.16. The molecule has 0 aliphatic heterocycles. The Hall–Kier alpha value is -3.31. The van der Waals surface area contributed by atoms with Gasteiger partial charge in [0.15, 0.2) is 0 Å². The molecular formula is C27H26N2O2S. The minimum absolute atomic E-state index is 0.132. The van der Waals surface area contributed by atoms with Crippen molar-refractivity contribution in [2.24, 2.45) is 0 Å². The molecule has 0 bridgehead atoms. The SMILES string of the molecule is Cc1ccc(SCc2nc(-c3ccc(C(=O)Nc4c(C)cccc4C)cc3)oc2C)cc1. The lowest BCUT2D eigenvalue weighted by atomic mass is 10.1. The Labute approximate surface area is 193 Å². The Balaban J connectivity index is 1.45. The molecule has 1 amide bonds. The van der Waals surface area contributed by atoms with Crippen molar-refractivity contribution in [1.29, 1.82) is 0 Å². The van der Waals surface area contributed by atoms with Crippen molar-refractivity contribution in [2.45, 2.75) is 38.3 Å². The zero-order valence-corrected chi connectivity index (χ0v) is 19.5. The summed E-state index contributed by atoms with van der Waals surface area (Å²) in [5.41, 5.74) is 6.57. The van der Waals surface area contributed by atoms with Crippen LogP contribution in [0.4, 0.5) is 5.69 Å². The molecule has 3 aromatic carbocycles. The van der Waals surface area contributed by atoms with E-state index in [0.29, 0.717) is 11.5 Å². The summed E-state index contributed by atoms with van der Waals surface area (Å²) in [6.45, 7) is 8.01. The molecule has 4 aromatic rings. The number of thioether (sulfide) groups is 1. The van der Waals surface area contributed by atoms with E-state index in [1.807, 2.05) is 51.1 Å². The van der Waals surface area contributed by atoms with E-state index < -0.39 is 0 Å². The van der Waals surface area contributed by atoms with Crippen molar-refractivity contribution in [2.75, 3.05) is 5.32 Å². The van der Waals surface area contributed by atoms with E-state index in [1.165, 1.54) is 10.5 Å². The van der Waals surface area contributed by atoms with Crippen LogP contribution in [0.25, 0.3) is 11.5 Å². The number of oxazole rings is 1.